The molecular formula is C26H29FN2O4S. The second kappa shape index (κ2) is 10.9. The summed E-state index contributed by atoms with van der Waals surface area (Å²) in [5.74, 6) is 0.0698. The van der Waals surface area contributed by atoms with Gasteiger partial charge in [0, 0.05) is 24.0 Å². The SMILES string of the molecule is CCC(C)CN(CC(=O)N1CCc2sccc2C1COc1cccc(F)c1)C(=O)c1ccco1. The van der Waals surface area contributed by atoms with Gasteiger partial charge in [0.25, 0.3) is 5.91 Å². The van der Waals surface area contributed by atoms with Crippen LogP contribution in [0.1, 0.15) is 47.3 Å². The maximum absolute atomic E-state index is 13.6. The van der Waals surface area contributed by atoms with Crippen molar-refractivity contribution in [2.45, 2.75) is 32.7 Å². The molecule has 1 aliphatic rings. The van der Waals surface area contributed by atoms with E-state index in [1.54, 1.807) is 45.4 Å². The lowest BCUT2D eigenvalue weighted by molar-refractivity contribution is -0.135. The molecular weight excluding hydrogens is 455 g/mol. The number of halogens is 1. The minimum Gasteiger partial charge on any atom is -0.491 e. The maximum atomic E-state index is 13.6. The van der Waals surface area contributed by atoms with Crippen LogP contribution in [0.5, 0.6) is 5.75 Å². The molecule has 3 heterocycles. The van der Waals surface area contributed by atoms with Gasteiger partial charge >= 0.3 is 0 Å². The molecule has 0 bridgehead atoms. The van der Waals surface area contributed by atoms with Crippen LogP contribution < -0.4 is 4.74 Å². The van der Waals surface area contributed by atoms with E-state index in [9.17, 15) is 14.0 Å². The largest absolute Gasteiger partial charge is 0.491 e. The van der Waals surface area contributed by atoms with Crippen molar-refractivity contribution in [3.8, 4) is 5.75 Å². The lowest BCUT2D eigenvalue weighted by atomic mass is 10.00. The number of ether oxygens (including phenoxy) is 1. The quantitative estimate of drug-likeness (QED) is 0.420. The summed E-state index contributed by atoms with van der Waals surface area (Å²) < 4.78 is 24.8. The van der Waals surface area contributed by atoms with E-state index in [4.69, 9.17) is 9.15 Å². The van der Waals surface area contributed by atoms with Gasteiger partial charge in [0.15, 0.2) is 5.76 Å². The number of hydrogen-bond donors (Lipinski definition) is 0. The molecule has 2 unspecified atom stereocenters. The predicted octanol–water partition coefficient (Wildman–Crippen LogP) is 5.17. The third-order valence-electron chi connectivity index (χ3n) is 6.19. The zero-order valence-corrected chi connectivity index (χ0v) is 20.2. The van der Waals surface area contributed by atoms with Gasteiger partial charge in [0.1, 0.15) is 24.7 Å². The summed E-state index contributed by atoms with van der Waals surface area (Å²) >= 11 is 1.66. The van der Waals surface area contributed by atoms with E-state index < -0.39 is 0 Å². The summed E-state index contributed by atoms with van der Waals surface area (Å²) in [6, 6.07) is 11.0. The molecule has 4 rings (SSSR count). The number of rotatable bonds is 9. The molecule has 0 fully saturated rings. The topological polar surface area (TPSA) is 63.0 Å². The van der Waals surface area contributed by atoms with Crippen LogP contribution in [0.4, 0.5) is 4.39 Å². The number of carbonyl (C=O) groups is 2. The normalized spacial score (nSPS) is 16.1. The van der Waals surface area contributed by atoms with Gasteiger partial charge in [-0.25, -0.2) is 4.39 Å². The van der Waals surface area contributed by atoms with Crippen molar-refractivity contribution in [1.29, 1.82) is 0 Å². The van der Waals surface area contributed by atoms with E-state index >= 15 is 0 Å². The molecule has 34 heavy (non-hydrogen) atoms. The number of fused-ring (bicyclic) bond motifs is 1. The molecule has 1 aromatic carbocycles. The van der Waals surface area contributed by atoms with E-state index in [0.29, 0.717) is 18.8 Å². The Morgan fingerprint density at radius 1 is 1.29 bits per heavy atom. The molecule has 2 amide bonds. The first-order valence-electron chi connectivity index (χ1n) is 11.5. The van der Waals surface area contributed by atoms with E-state index in [2.05, 4.69) is 13.8 Å². The second-order valence-corrected chi connectivity index (χ2v) is 9.60. The third-order valence-corrected chi connectivity index (χ3v) is 7.19. The zero-order chi connectivity index (χ0) is 24.1. The Bertz CT molecular complexity index is 1110. The van der Waals surface area contributed by atoms with Crippen molar-refractivity contribution < 1.29 is 23.1 Å². The molecule has 0 saturated carbocycles. The van der Waals surface area contributed by atoms with Gasteiger partial charge in [-0.1, -0.05) is 26.3 Å². The van der Waals surface area contributed by atoms with Crippen molar-refractivity contribution in [3.05, 3.63) is 76.1 Å². The Labute approximate surface area is 202 Å². The highest BCUT2D eigenvalue weighted by Gasteiger charge is 2.34. The molecule has 6 nitrogen and oxygen atoms in total. The maximum Gasteiger partial charge on any atom is 0.290 e. The first-order valence-corrected chi connectivity index (χ1v) is 12.4. The molecule has 1 aliphatic heterocycles. The van der Waals surface area contributed by atoms with E-state index in [1.807, 2.05) is 11.4 Å². The summed E-state index contributed by atoms with van der Waals surface area (Å²) in [6.07, 6.45) is 3.11. The summed E-state index contributed by atoms with van der Waals surface area (Å²) in [6.45, 7) is 5.28. The van der Waals surface area contributed by atoms with E-state index in [0.717, 1.165) is 18.4 Å². The number of nitrogens with zero attached hydrogens (tertiary/aromatic N) is 2. The standard InChI is InChI=1S/C26H29FN2O4S/c1-3-18(2)15-28(26(31)23-8-5-12-32-23)16-25(30)29-11-9-24-21(10-13-34-24)22(29)17-33-20-7-4-6-19(27)14-20/h4-8,10,12-14,18,22H,3,9,11,15-17H2,1-2H3. The van der Waals surface area contributed by atoms with Crippen molar-refractivity contribution in [3.63, 3.8) is 0 Å². The lowest BCUT2D eigenvalue weighted by Crippen LogP contribution is -2.48. The molecule has 0 saturated heterocycles. The fourth-order valence-corrected chi connectivity index (χ4v) is 5.07. The Morgan fingerprint density at radius 3 is 2.88 bits per heavy atom. The van der Waals surface area contributed by atoms with Crippen molar-refractivity contribution in [1.82, 2.24) is 9.80 Å². The van der Waals surface area contributed by atoms with Crippen LogP contribution in [-0.2, 0) is 11.2 Å². The van der Waals surface area contributed by atoms with Gasteiger partial charge in [-0.15, -0.1) is 11.3 Å². The predicted molar refractivity (Wildman–Crippen MR) is 128 cm³/mol. The van der Waals surface area contributed by atoms with Gasteiger partial charge in [-0.05, 0) is 53.6 Å². The Hall–Kier alpha value is -3.13. The first-order chi connectivity index (χ1) is 16.5. The summed E-state index contributed by atoms with van der Waals surface area (Å²) in [5.41, 5.74) is 1.05. The minimum absolute atomic E-state index is 0.0419. The number of hydrogen-bond acceptors (Lipinski definition) is 5. The zero-order valence-electron chi connectivity index (χ0n) is 19.4. The highest BCUT2D eigenvalue weighted by molar-refractivity contribution is 7.10. The van der Waals surface area contributed by atoms with Crippen LogP contribution in [0.15, 0.2) is 58.5 Å². The lowest BCUT2D eigenvalue weighted by Gasteiger charge is -2.37. The Balaban J connectivity index is 1.53. The van der Waals surface area contributed by atoms with Gasteiger partial charge < -0.3 is 19.0 Å². The van der Waals surface area contributed by atoms with Crippen LogP contribution in [0.2, 0.25) is 0 Å². The minimum atomic E-state index is -0.373. The molecule has 0 radical (unpaired) electrons. The molecule has 0 aliphatic carbocycles. The van der Waals surface area contributed by atoms with E-state index in [-0.39, 0.29) is 48.5 Å². The van der Waals surface area contributed by atoms with Crippen molar-refractivity contribution >= 4 is 23.2 Å². The molecule has 3 aromatic rings. The molecule has 2 aromatic heterocycles. The summed E-state index contributed by atoms with van der Waals surface area (Å²) in [5, 5.41) is 2.02. The van der Waals surface area contributed by atoms with Crippen LogP contribution in [-0.4, -0.2) is 47.9 Å². The molecule has 8 heteroatoms. The highest BCUT2D eigenvalue weighted by Crippen LogP contribution is 2.34. The van der Waals surface area contributed by atoms with Gasteiger partial charge in [-0.3, -0.25) is 9.59 Å². The Morgan fingerprint density at radius 2 is 2.15 bits per heavy atom. The number of thiophene rings is 1. The fraction of sp³-hybridized carbons (Fsp3) is 0.385. The number of furan rings is 1. The average Bonchev–Trinajstić information content (AvgIpc) is 3.53. The number of benzene rings is 1. The van der Waals surface area contributed by atoms with Gasteiger partial charge in [-0.2, -0.15) is 0 Å². The fourth-order valence-electron chi connectivity index (χ4n) is 4.14. The third kappa shape index (κ3) is 5.50. The summed E-state index contributed by atoms with van der Waals surface area (Å²) in [4.78, 5) is 31.2. The van der Waals surface area contributed by atoms with Crippen LogP contribution >= 0.6 is 11.3 Å². The molecule has 0 N–H and O–H groups in total. The average molecular weight is 485 g/mol. The van der Waals surface area contributed by atoms with Crippen LogP contribution in [0.25, 0.3) is 0 Å². The van der Waals surface area contributed by atoms with Crippen LogP contribution in [0.3, 0.4) is 0 Å². The Kier molecular flexibility index (Phi) is 7.67. The van der Waals surface area contributed by atoms with Crippen molar-refractivity contribution in [2.24, 2.45) is 5.92 Å². The van der Waals surface area contributed by atoms with Gasteiger partial charge in [0.2, 0.25) is 5.91 Å². The van der Waals surface area contributed by atoms with E-state index in [1.165, 1.54) is 23.3 Å². The molecule has 2 atom stereocenters. The summed E-state index contributed by atoms with van der Waals surface area (Å²) in [7, 11) is 0. The smallest absolute Gasteiger partial charge is 0.290 e. The number of carbonyl (C=O) groups excluding carboxylic acids is 2. The van der Waals surface area contributed by atoms with Crippen LogP contribution in [0, 0.1) is 11.7 Å². The van der Waals surface area contributed by atoms with Gasteiger partial charge in [0.05, 0.1) is 12.3 Å². The molecule has 180 valence electrons. The first kappa shape index (κ1) is 24.0. The van der Waals surface area contributed by atoms with Crippen molar-refractivity contribution in [2.75, 3.05) is 26.2 Å². The monoisotopic (exact) mass is 484 g/mol. The highest BCUT2D eigenvalue weighted by atomic mass is 32.1. The number of amides is 2. The molecule has 0 spiro atoms. The second-order valence-electron chi connectivity index (χ2n) is 8.60.